The van der Waals surface area contributed by atoms with E-state index in [1.165, 1.54) is 30.3 Å². The highest BCUT2D eigenvalue weighted by molar-refractivity contribution is 6.04. The van der Waals surface area contributed by atoms with E-state index in [1.807, 2.05) is 66.7 Å². The molecule has 0 heterocycles. The molecule has 2 aliphatic rings. The molecule has 0 aromatic heterocycles. The minimum Gasteiger partial charge on any atom is -0.392 e. The summed E-state index contributed by atoms with van der Waals surface area (Å²) in [6, 6.07) is 25.1. The van der Waals surface area contributed by atoms with Crippen molar-refractivity contribution in [2.45, 2.75) is 38.3 Å². The second-order valence-electron chi connectivity index (χ2n) is 11.0. The van der Waals surface area contributed by atoms with Gasteiger partial charge in [0.15, 0.2) is 5.78 Å². The van der Waals surface area contributed by atoms with Gasteiger partial charge in [0.25, 0.3) is 5.91 Å². The fourth-order valence-corrected chi connectivity index (χ4v) is 6.37. The predicted octanol–water partition coefficient (Wildman–Crippen LogP) is 6.23. The van der Waals surface area contributed by atoms with Gasteiger partial charge in [-0.2, -0.15) is 0 Å². The molecule has 208 valence electrons. The lowest BCUT2D eigenvalue weighted by atomic mass is 9.89. The van der Waals surface area contributed by atoms with Gasteiger partial charge in [-0.25, -0.2) is 4.39 Å². The quantitative estimate of drug-likeness (QED) is 0.178. The summed E-state index contributed by atoms with van der Waals surface area (Å²) in [5.74, 6) is 0.545. The number of ether oxygens (including phenoxy) is 1. The molecule has 2 saturated carbocycles. The number of halogens is 1. The van der Waals surface area contributed by atoms with Crippen LogP contribution in [0, 0.1) is 29.5 Å². The lowest BCUT2D eigenvalue weighted by Crippen LogP contribution is -2.33. The van der Waals surface area contributed by atoms with E-state index in [0.717, 1.165) is 36.9 Å². The molecule has 2 fully saturated rings. The second-order valence-corrected chi connectivity index (χ2v) is 11.0. The summed E-state index contributed by atoms with van der Waals surface area (Å²) in [4.78, 5) is 27.4. The maximum absolute atomic E-state index is 13.2. The number of aliphatic hydroxyl groups excluding tert-OH is 1. The van der Waals surface area contributed by atoms with Crippen molar-refractivity contribution in [2.24, 2.45) is 23.7 Å². The van der Waals surface area contributed by atoms with Gasteiger partial charge in [-0.1, -0.05) is 54.6 Å². The van der Waals surface area contributed by atoms with E-state index < -0.39 is 6.10 Å². The van der Waals surface area contributed by atoms with E-state index in [4.69, 9.17) is 4.74 Å². The zero-order chi connectivity index (χ0) is 27.9. The molecule has 1 amide bonds. The number of aliphatic hydroxyl groups is 1. The number of hydrogen-bond acceptors (Lipinski definition) is 4. The van der Waals surface area contributed by atoms with Crippen molar-refractivity contribution in [1.29, 1.82) is 0 Å². The van der Waals surface area contributed by atoms with Crippen LogP contribution in [0.1, 0.15) is 41.6 Å². The van der Waals surface area contributed by atoms with Gasteiger partial charge in [-0.15, -0.1) is 0 Å². The number of ketones is 1. The van der Waals surface area contributed by atoms with Gasteiger partial charge in [-0.05, 0) is 91.5 Å². The van der Waals surface area contributed by atoms with Gasteiger partial charge < -0.3 is 14.7 Å². The number of allylic oxidation sites excluding steroid dienone is 1. The second kappa shape index (κ2) is 13.2. The van der Waals surface area contributed by atoms with E-state index in [2.05, 4.69) is 0 Å². The summed E-state index contributed by atoms with van der Waals surface area (Å²) < 4.78 is 19.0. The number of rotatable bonds is 11. The first-order chi connectivity index (χ1) is 19.5. The first kappa shape index (κ1) is 27.9. The molecule has 0 bridgehead atoms. The van der Waals surface area contributed by atoms with Gasteiger partial charge in [0.2, 0.25) is 0 Å². The van der Waals surface area contributed by atoms with Crippen molar-refractivity contribution in [3.63, 3.8) is 0 Å². The zero-order valence-corrected chi connectivity index (χ0v) is 22.6. The number of amides is 1. The number of nitrogens with zero attached hydrogens (tertiary/aromatic N) is 1. The van der Waals surface area contributed by atoms with Gasteiger partial charge in [0, 0.05) is 23.8 Å². The average molecular weight is 542 g/mol. The maximum Gasteiger partial charge on any atom is 0.253 e. The van der Waals surface area contributed by atoms with Crippen LogP contribution in [0.4, 0.5) is 10.1 Å². The van der Waals surface area contributed by atoms with Crippen LogP contribution < -0.4 is 4.90 Å². The summed E-state index contributed by atoms with van der Waals surface area (Å²) in [6.45, 7) is 1.02. The summed E-state index contributed by atoms with van der Waals surface area (Å²) in [5.41, 5.74) is 2.34. The summed E-state index contributed by atoms with van der Waals surface area (Å²) in [6.07, 6.45) is 6.54. The van der Waals surface area contributed by atoms with E-state index in [-0.39, 0.29) is 30.0 Å². The van der Waals surface area contributed by atoms with Crippen molar-refractivity contribution in [2.75, 3.05) is 18.1 Å². The van der Waals surface area contributed by atoms with E-state index >= 15 is 0 Å². The molecule has 5 atom stereocenters. The van der Waals surface area contributed by atoms with E-state index in [0.29, 0.717) is 36.5 Å². The molecule has 0 spiro atoms. The molecular formula is C34H36FNO4. The molecule has 2 aliphatic carbocycles. The molecule has 0 radical (unpaired) electrons. The Balaban J connectivity index is 1.10. The maximum atomic E-state index is 13.2. The fourth-order valence-electron chi connectivity index (χ4n) is 6.37. The lowest BCUT2D eigenvalue weighted by Gasteiger charge is -2.23. The Kier molecular flexibility index (Phi) is 9.19. The van der Waals surface area contributed by atoms with Crippen LogP contribution in [-0.2, 0) is 16.1 Å². The molecule has 3 aromatic rings. The standard InChI is InChI=1S/C34H36FNO4/c35-28-13-11-26(12-14-28)32(37)16-15-30-31-20-25(19-27(31)21-33(30)38)17-18-40-23-34(39)36(29-9-5-2-6-10-29)22-24-7-3-1-4-8-24/h1-16,25,27,30-31,33,38H,17-23H2/t25?,27-,30-,31+,33-/m0/s1. The molecule has 1 N–H and O–H groups in total. The van der Waals surface area contributed by atoms with Crippen molar-refractivity contribution < 1.29 is 23.8 Å². The van der Waals surface area contributed by atoms with Crippen molar-refractivity contribution in [1.82, 2.24) is 0 Å². The number of hydrogen-bond donors (Lipinski definition) is 1. The highest BCUT2D eigenvalue weighted by Gasteiger charge is 2.46. The van der Waals surface area contributed by atoms with Crippen molar-refractivity contribution in [3.05, 3.63) is 114 Å². The average Bonchev–Trinajstić information content (AvgIpc) is 3.50. The largest absolute Gasteiger partial charge is 0.392 e. The molecule has 0 aliphatic heterocycles. The molecule has 0 saturated heterocycles. The van der Waals surface area contributed by atoms with Gasteiger partial charge in [-0.3, -0.25) is 9.59 Å². The Morgan fingerprint density at radius 1 is 0.925 bits per heavy atom. The van der Waals surface area contributed by atoms with Crippen LogP contribution in [-0.4, -0.2) is 36.1 Å². The third-order valence-corrected chi connectivity index (χ3v) is 8.38. The summed E-state index contributed by atoms with van der Waals surface area (Å²) in [5, 5.41) is 10.6. The third kappa shape index (κ3) is 6.93. The topological polar surface area (TPSA) is 66.8 Å². The SMILES string of the molecule is O=C(C=C[C@H]1[C@@H]2CC(CCOCC(=O)N(Cc3ccccc3)c3ccccc3)C[C@H]2C[C@@H]1O)c1ccc(F)cc1. The zero-order valence-electron chi connectivity index (χ0n) is 22.6. The number of anilines is 1. The Bertz CT molecular complexity index is 1290. The van der Waals surface area contributed by atoms with E-state index in [9.17, 15) is 19.1 Å². The normalized spacial score (nSPS) is 23.8. The Morgan fingerprint density at radius 2 is 1.62 bits per heavy atom. The number of para-hydroxylation sites is 1. The number of carbonyl (C=O) groups is 2. The number of fused-ring (bicyclic) bond motifs is 1. The predicted molar refractivity (Wildman–Crippen MR) is 153 cm³/mol. The number of carbonyl (C=O) groups excluding carboxylic acids is 2. The van der Waals surface area contributed by atoms with E-state index in [1.54, 1.807) is 4.90 Å². The van der Waals surface area contributed by atoms with Crippen LogP contribution in [0.5, 0.6) is 0 Å². The van der Waals surface area contributed by atoms with Crippen LogP contribution in [0.15, 0.2) is 97.1 Å². The Morgan fingerprint density at radius 3 is 2.35 bits per heavy atom. The molecule has 6 heteroatoms. The molecule has 5 rings (SSSR count). The van der Waals surface area contributed by atoms with Crippen molar-refractivity contribution in [3.8, 4) is 0 Å². The highest BCUT2D eigenvalue weighted by atomic mass is 19.1. The van der Waals surface area contributed by atoms with Crippen LogP contribution in [0.25, 0.3) is 0 Å². The van der Waals surface area contributed by atoms with Gasteiger partial charge in [0.05, 0.1) is 12.6 Å². The minimum atomic E-state index is -0.448. The van der Waals surface area contributed by atoms with Crippen molar-refractivity contribution >= 4 is 17.4 Å². The van der Waals surface area contributed by atoms with Gasteiger partial charge in [0.1, 0.15) is 12.4 Å². The van der Waals surface area contributed by atoms with Crippen LogP contribution >= 0.6 is 0 Å². The highest BCUT2D eigenvalue weighted by Crippen LogP contribution is 2.51. The third-order valence-electron chi connectivity index (χ3n) is 8.38. The molecule has 5 nitrogen and oxygen atoms in total. The first-order valence-electron chi connectivity index (χ1n) is 14.1. The minimum absolute atomic E-state index is 0.0247. The molecule has 3 aromatic carbocycles. The summed E-state index contributed by atoms with van der Waals surface area (Å²) in [7, 11) is 0. The first-order valence-corrected chi connectivity index (χ1v) is 14.1. The van der Waals surface area contributed by atoms with Crippen LogP contribution in [0.2, 0.25) is 0 Å². The molecular weight excluding hydrogens is 505 g/mol. The summed E-state index contributed by atoms with van der Waals surface area (Å²) >= 11 is 0. The van der Waals surface area contributed by atoms with Crippen LogP contribution in [0.3, 0.4) is 0 Å². The monoisotopic (exact) mass is 541 g/mol. The Labute approximate surface area is 235 Å². The fraction of sp³-hybridized carbons (Fsp3) is 0.353. The van der Waals surface area contributed by atoms with Gasteiger partial charge >= 0.3 is 0 Å². The smallest absolute Gasteiger partial charge is 0.253 e. The number of benzene rings is 3. The lowest BCUT2D eigenvalue weighted by molar-refractivity contribution is -0.123. The molecule has 1 unspecified atom stereocenters. The Hall–Kier alpha value is -3.61. The molecule has 40 heavy (non-hydrogen) atoms.